The van der Waals surface area contributed by atoms with Crippen LogP contribution in [-0.4, -0.2) is 28.5 Å². The molecule has 1 fully saturated rings. The summed E-state index contributed by atoms with van der Waals surface area (Å²) in [6.45, 7) is 0.441. The van der Waals surface area contributed by atoms with E-state index in [-0.39, 0.29) is 23.5 Å². The number of anilines is 1. The Kier molecular flexibility index (Phi) is 4.68. The van der Waals surface area contributed by atoms with Crippen LogP contribution in [0.4, 0.5) is 5.82 Å². The third kappa shape index (κ3) is 3.41. The smallest absolute Gasteiger partial charge is 0.273 e. The largest absolute Gasteiger partial charge is 0.382 e. The maximum absolute atomic E-state index is 12.1. The zero-order chi connectivity index (χ0) is 13.7. The Morgan fingerprint density at radius 3 is 2.63 bits per heavy atom. The predicted octanol–water partition coefficient (Wildman–Crippen LogP) is 0.696. The second kappa shape index (κ2) is 6.47. The number of carbonyl (C=O) groups is 1. The van der Waals surface area contributed by atoms with Gasteiger partial charge in [-0.2, -0.15) is 0 Å². The molecule has 104 valence electrons. The van der Waals surface area contributed by atoms with Gasteiger partial charge in [0, 0.05) is 25.0 Å². The van der Waals surface area contributed by atoms with E-state index in [0.29, 0.717) is 12.5 Å². The lowest BCUT2D eigenvalue weighted by molar-refractivity contribution is 0.0911. The van der Waals surface area contributed by atoms with Gasteiger partial charge >= 0.3 is 0 Å². The molecular formula is C13H21N5O. The molecule has 1 amide bonds. The Morgan fingerprint density at radius 1 is 1.32 bits per heavy atom. The molecule has 1 unspecified atom stereocenters. The molecule has 6 heteroatoms. The third-order valence-corrected chi connectivity index (χ3v) is 3.73. The lowest BCUT2D eigenvalue weighted by atomic mass is 9.84. The van der Waals surface area contributed by atoms with Gasteiger partial charge in [0.05, 0.1) is 0 Å². The van der Waals surface area contributed by atoms with E-state index in [4.69, 9.17) is 11.5 Å². The summed E-state index contributed by atoms with van der Waals surface area (Å²) >= 11 is 0. The van der Waals surface area contributed by atoms with Crippen LogP contribution in [0, 0.1) is 5.92 Å². The first-order chi connectivity index (χ1) is 9.22. The van der Waals surface area contributed by atoms with Gasteiger partial charge in [0.15, 0.2) is 11.5 Å². The molecule has 0 radical (unpaired) electrons. The Balaban J connectivity index is 2.01. The number of aromatic nitrogens is 2. The normalized spacial score (nSPS) is 17.9. The summed E-state index contributed by atoms with van der Waals surface area (Å²) in [6, 6.07) is -0.00536. The predicted molar refractivity (Wildman–Crippen MR) is 73.3 cm³/mol. The van der Waals surface area contributed by atoms with E-state index in [1.165, 1.54) is 31.7 Å². The molecule has 0 bridgehead atoms. The van der Waals surface area contributed by atoms with Crippen molar-refractivity contribution in [3.8, 4) is 0 Å². The molecule has 1 saturated carbocycles. The van der Waals surface area contributed by atoms with Gasteiger partial charge in [-0.05, 0) is 18.8 Å². The first kappa shape index (κ1) is 13.7. The van der Waals surface area contributed by atoms with E-state index in [1.807, 2.05) is 0 Å². The summed E-state index contributed by atoms with van der Waals surface area (Å²) in [7, 11) is 0. The monoisotopic (exact) mass is 263 g/mol. The lowest BCUT2D eigenvalue weighted by Crippen LogP contribution is -2.46. The number of nitrogen functional groups attached to an aromatic ring is 1. The summed E-state index contributed by atoms with van der Waals surface area (Å²) in [5.41, 5.74) is 11.6. The van der Waals surface area contributed by atoms with Crippen LogP contribution < -0.4 is 16.8 Å². The van der Waals surface area contributed by atoms with Gasteiger partial charge < -0.3 is 16.8 Å². The highest BCUT2D eigenvalue weighted by Crippen LogP contribution is 2.26. The minimum atomic E-state index is -0.286. The molecule has 0 spiro atoms. The van der Waals surface area contributed by atoms with Crippen LogP contribution in [0.2, 0.25) is 0 Å². The van der Waals surface area contributed by atoms with Gasteiger partial charge in [-0.25, -0.2) is 9.97 Å². The second-order valence-electron chi connectivity index (χ2n) is 5.00. The number of hydrogen-bond donors (Lipinski definition) is 3. The van der Waals surface area contributed by atoms with Crippen LogP contribution in [0.5, 0.6) is 0 Å². The fourth-order valence-corrected chi connectivity index (χ4v) is 2.67. The quantitative estimate of drug-likeness (QED) is 0.741. The molecule has 0 saturated heterocycles. The fourth-order valence-electron chi connectivity index (χ4n) is 2.67. The van der Waals surface area contributed by atoms with Crippen LogP contribution >= 0.6 is 0 Å². The maximum Gasteiger partial charge on any atom is 0.273 e. The SMILES string of the molecule is NCC(NC(=O)c1nccnc1N)C1CCCCC1. The van der Waals surface area contributed by atoms with Crippen molar-refractivity contribution in [2.75, 3.05) is 12.3 Å². The number of rotatable bonds is 4. The van der Waals surface area contributed by atoms with Crippen molar-refractivity contribution in [2.45, 2.75) is 38.1 Å². The summed E-state index contributed by atoms with van der Waals surface area (Å²) in [6.07, 6.45) is 8.88. The van der Waals surface area contributed by atoms with E-state index >= 15 is 0 Å². The highest BCUT2D eigenvalue weighted by atomic mass is 16.2. The second-order valence-corrected chi connectivity index (χ2v) is 5.00. The number of nitrogens with two attached hydrogens (primary N) is 2. The zero-order valence-corrected chi connectivity index (χ0v) is 11.0. The van der Waals surface area contributed by atoms with Crippen LogP contribution in [0.1, 0.15) is 42.6 Å². The van der Waals surface area contributed by atoms with Crippen molar-refractivity contribution in [3.63, 3.8) is 0 Å². The number of hydrogen-bond acceptors (Lipinski definition) is 5. The van der Waals surface area contributed by atoms with Gasteiger partial charge in [0.25, 0.3) is 5.91 Å². The van der Waals surface area contributed by atoms with Crippen LogP contribution in [-0.2, 0) is 0 Å². The fraction of sp³-hybridized carbons (Fsp3) is 0.615. The van der Waals surface area contributed by atoms with Crippen LogP contribution in [0.25, 0.3) is 0 Å². The molecule has 6 nitrogen and oxygen atoms in total. The topological polar surface area (TPSA) is 107 Å². The molecule has 1 heterocycles. The summed E-state index contributed by atoms with van der Waals surface area (Å²) in [4.78, 5) is 20.0. The van der Waals surface area contributed by atoms with Crippen molar-refractivity contribution >= 4 is 11.7 Å². The molecule has 1 aliphatic rings. The molecule has 2 rings (SSSR count). The van der Waals surface area contributed by atoms with Crippen molar-refractivity contribution < 1.29 is 4.79 Å². The standard InChI is InChI=1S/C13H21N5O/c14-8-10(9-4-2-1-3-5-9)18-13(19)11-12(15)17-7-6-16-11/h6-7,9-10H,1-5,8,14H2,(H2,15,17)(H,18,19). The molecule has 19 heavy (non-hydrogen) atoms. The highest BCUT2D eigenvalue weighted by molar-refractivity contribution is 5.96. The number of nitrogens with zero attached hydrogens (tertiary/aromatic N) is 2. The summed E-state index contributed by atoms with van der Waals surface area (Å²) in [5, 5.41) is 2.95. The number of nitrogens with one attached hydrogen (secondary N) is 1. The van der Waals surface area contributed by atoms with Gasteiger partial charge in [0.2, 0.25) is 0 Å². The highest BCUT2D eigenvalue weighted by Gasteiger charge is 2.25. The first-order valence-electron chi connectivity index (χ1n) is 6.79. The van der Waals surface area contributed by atoms with Gasteiger partial charge in [-0.3, -0.25) is 4.79 Å². The van der Waals surface area contributed by atoms with Crippen LogP contribution in [0.3, 0.4) is 0 Å². The molecule has 1 aromatic rings. The van der Waals surface area contributed by atoms with E-state index in [9.17, 15) is 4.79 Å². The molecule has 1 aliphatic carbocycles. The average molecular weight is 263 g/mol. The average Bonchev–Trinajstić information content (AvgIpc) is 2.46. The van der Waals surface area contributed by atoms with E-state index < -0.39 is 0 Å². The van der Waals surface area contributed by atoms with Crippen molar-refractivity contribution in [1.82, 2.24) is 15.3 Å². The molecule has 0 aromatic carbocycles. The maximum atomic E-state index is 12.1. The zero-order valence-electron chi connectivity index (χ0n) is 11.0. The summed E-state index contributed by atoms with van der Waals surface area (Å²) in [5.74, 6) is 0.326. The Hall–Kier alpha value is -1.69. The van der Waals surface area contributed by atoms with Gasteiger partial charge in [0.1, 0.15) is 0 Å². The summed E-state index contributed by atoms with van der Waals surface area (Å²) < 4.78 is 0. The van der Waals surface area contributed by atoms with E-state index in [0.717, 1.165) is 12.8 Å². The minimum Gasteiger partial charge on any atom is -0.382 e. The Morgan fingerprint density at radius 2 is 2.00 bits per heavy atom. The van der Waals surface area contributed by atoms with E-state index in [1.54, 1.807) is 0 Å². The van der Waals surface area contributed by atoms with Crippen molar-refractivity contribution in [3.05, 3.63) is 18.1 Å². The molecule has 5 N–H and O–H groups in total. The van der Waals surface area contributed by atoms with Crippen molar-refractivity contribution in [1.29, 1.82) is 0 Å². The van der Waals surface area contributed by atoms with Crippen molar-refractivity contribution in [2.24, 2.45) is 11.7 Å². The third-order valence-electron chi connectivity index (χ3n) is 3.73. The lowest BCUT2D eigenvalue weighted by Gasteiger charge is -2.30. The number of carbonyl (C=O) groups excluding carboxylic acids is 1. The first-order valence-corrected chi connectivity index (χ1v) is 6.79. The Labute approximate surface area is 113 Å². The van der Waals surface area contributed by atoms with E-state index in [2.05, 4.69) is 15.3 Å². The Bertz CT molecular complexity index is 431. The number of amides is 1. The van der Waals surface area contributed by atoms with Gasteiger partial charge in [-0.1, -0.05) is 19.3 Å². The van der Waals surface area contributed by atoms with Crippen LogP contribution in [0.15, 0.2) is 12.4 Å². The molecule has 1 aromatic heterocycles. The molecular weight excluding hydrogens is 242 g/mol. The molecule has 0 aliphatic heterocycles. The minimum absolute atomic E-state index is 0.00536. The van der Waals surface area contributed by atoms with Gasteiger partial charge in [-0.15, -0.1) is 0 Å². The molecule has 1 atom stereocenters.